The fourth-order valence-corrected chi connectivity index (χ4v) is 5.09. The van der Waals surface area contributed by atoms with Crippen molar-refractivity contribution in [2.75, 3.05) is 16.8 Å². The van der Waals surface area contributed by atoms with Crippen LogP contribution in [0.4, 0.5) is 11.1 Å². The number of benzene rings is 2. The van der Waals surface area contributed by atoms with Crippen molar-refractivity contribution >= 4 is 61.9 Å². The van der Waals surface area contributed by atoms with Crippen molar-refractivity contribution in [3.05, 3.63) is 59.1 Å². The normalized spacial score (nSPS) is 12.2. The van der Waals surface area contributed by atoms with Crippen LogP contribution in [0.25, 0.3) is 10.2 Å². The molecule has 1 unspecified atom stereocenters. The fraction of sp³-hybridized carbons (Fsp3) is 0.200. The Kier molecular flexibility index (Phi) is 6.21. The van der Waals surface area contributed by atoms with Gasteiger partial charge in [0.25, 0.3) is 0 Å². The van der Waals surface area contributed by atoms with Gasteiger partial charge in [0, 0.05) is 10.8 Å². The number of fused-ring (bicyclic) bond motifs is 1. The maximum absolute atomic E-state index is 12.8. The lowest BCUT2D eigenvalue weighted by atomic mass is 10.2. The molecule has 1 amide bonds. The van der Waals surface area contributed by atoms with Gasteiger partial charge < -0.3 is 11.1 Å². The van der Waals surface area contributed by atoms with E-state index in [2.05, 4.69) is 32.6 Å². The van der Waals surface area contributed by atoms with E-state index < -0.39 is 6.04 Å². The summed E-state index contributed by atoms with van der Waals surface area (Å²) in [6, 6.07) is 15.0. The number of hydrogen-bond donors (Lipinski definition) is 2. The second kappa shape index (κ2) is 9.03. The first kappa shape index (κ1) is 20.6. The van der Waals surface area contributed by atoms with E-state index in [0.29, 0.717) is 15.3 Å². The van der Waals surface area contributed by atoms with Crippen LogP contribution in [0.5, 0.6) is 0 Å². The third-order valence-corrected chi connectivity index (χ3v) is 6.62. The molecule has 1 atom stereocenters. The summed E-state index contributed by atoms with van der Waals surface area (Å²) in [5, 5.41) is 12.7. The van der Waals surface area contributed by atoms with Gasteiger partial charge in [0.2, 0.25) is 11.9 Å². The van der Waals surface area contributed by atoms with Crippen molar-refractivity contribution in [1.82, 2.24) is 19.7 Å². The summed E-state index contributed by atoms with van der Waals surface area (Å²) in [5.74, 6) is 0.766. The Morgan fingerprint density at radius 3 is 2.87 bits per heavy atom. The Morgan fingerprint density at radius 1 is 1.27 bits per heavy atom. The Bertz CT molecular complexity index is 1180. The number of halogens is 1. The molecule has 0 bridgehead atoms. The maximum Gasteiger partial charge on any atom is 0.249 e. The predicted molar refractivity (Wildman–Crippen MR) is 123 cm³/mol. The lowest BCUT2D eigenvalue weighted by Crippen LogP contribution is -2.25. The van der Waals surface area contributed by atoms with E-state index in [1.165, 1.54) is 28.7 Å². The van der Waals surface area contributed by atoms with Gasteiger partial charge in [0.05, 0.1) is 10.2 Å². The zero-order valence-corrected chi connectivity index (χ0v) is 18.5. The van der Waals surface area contributed by atoms with Crippen LogP contribution in [0.15, 0.2) is 53.7 Å². The highest BCUT2D eigenvalue weighted by Crippen LogP contribution is 2.30. The molecule has 0 aliphatic rings. The quantitative estimate of drug-likeness (QED) is 0.391. The number of amides is 1. The van der Waals surface area contributed by atoms with Gasteiger partial charge in [0.1, 0.15) is 6.04 Å². The lowest BCUT2D eigenvalue weighted by Gasteiger charge is -2.15. The Labute approximate surface area is 186 Å². The van der Waals surface area contributed by atoms with Crippen LogP contribution in [0.3, 0.4) is 0 Å². The molecule has 7 nitrogen and oxygen atoms in total. The second-order valence-electron chi connectivity index (χ2n) is 6.59. The van der Waals surface area contributed by atoms with Crippen molar-refractivity contribution in [1.29, 1.82) is 0 Å². The van der Waals surface area contributed by atoms with Gasteiger partial charge in [0.15, 0.2) is 10.3 Å². The number of thioether (sulfide) groups is 1. The van der Waals surface area contributed by atoms with Gasteiger partial charge in [-0.2, -0.15) is 0 Å². The summed E-state index contributed by atoms with van der Waals surface area (Å²) in [6.45, 7) is 1.76. The molecule has 0 aliphatic carbocycles. The summed E-state index contributed by atoms with van der Waals surface area (Å²) in [5.41, 5.74) is 8.03. The second-order valence-corrected chi connectivity index (χ2v) is 9.12. The molecular weight excluding hydrogens is 440 g/mol. The molecule has 4 aromatic rings. The van der Waals surface area contributed by atoms with E-state index >= 15 is 0 Å². The first-order valence-electron chi connectivity index (χ1n) is 9.25. The van der Waals surface area contributed by atoms with E-state index in [9.17, 15) is 4.79 Å². The van der Waals surface area contributed by atoms with Crippen LogP contribution in [0.1, 0.15) is 18.5 Å². The molecule has 10 heteroatoms. The van der Waals surface area contributed by atoms with Crippen molar-refractivity contribution in [3.8, 4) is 0 Å². The highest BCUT2D eigenvalue weighted by Gasteiger charge is 2.23. The lowest BCUT2D eigenvalue weighted by molar-refractivity contribution is -0.118. The molecule has 154 valence electrons. The maximum atomic E-state index is 12.8. The number of carbonyl (C=O) groups excluding carboxylic acids is 1. The standard InChI is InChI=1S/C20H19ClN6OS2/c1-12(17(28)24-19-23-15-8-7-14(21)11-16(15)30-19)27-18(22)25-26-20(27)29-10-9-13-5-3-2-4-6-13/h2-8,11-12H,9-10H2,1H3,(H2,22,25)(H,23,24,28). The molecule has 0 saturated carbocycles. The van der Waals surface area contributed by atoms with E-state index in [4.69, 9.17) is 17.3 Å². The van der Waals surface area contributed by atoms with Crippen molar-refractivity contribution in [2.24, 2.45) is 0 Å². The largest absolute Gasteiger partial charge is 0.368 e. The van der Waals surface area contributed by atoms with Crippen molar-refractivity contribution in [2.45, 2.75) is 24.5 Å². The molecule has 2 heterocycles. The number of carbonyl (C=O) groups is 1. The van der Waals surface area contributed by atoms with Gasteiger partial charge >= 0.3 is 0 Å². The summed E-state index contributed by atoms with van der Waals surface area (Å²) < 4.78 is 2.56. The zero-order valence-electron chi connectivity index (χ0n) is 16.1. The molecule has 0 aliphatic heterocycles. The van der Waals surface area contributed by atoms with Crippen LogP contribution >= 0.6 is 34.7 Å². The topological polar surface area (TPSA) is 98.7 Å². The van der Waals surface area contributed by atoms with Crippen LogP contribution in [-0.2, 0) is 11.2 Å². The minimum atomic E-state index is -0.588. The third-order valence-electron chi connectivity index (χ3n) is 4.50. The van der Waals surface area contributed by atoms with Crippen LogP contribution in [0.2, 0.25) is 5.02 Å². The van der Waals surface area contributed by atoms with Gasteiger partial charge in [-0.1, -0.05) is 65.0 Å². The molecule has 0 fully saturated rings. The average molecular weight is 459 g/mol. The number of nitrogens with zero attached hydrogens (tertiary/aromatic N) is 4. The predicted octanol–water partition coefficient (Wildman–Crippen LogP) is 4.66. The molecule has 4 rings (SSSR count). The van der Waals surface area contributed by atoms with Crippen LogP contribution in [0, 0.1) is 0 Å². The number of nitrogens with one attached hydrogen (secondary N) is 1. The number of anilines is 2. The van der Waals surface area contributed by atoms with Gasteiger partial charge in [-0.25, -0.2) is 4.98 Å². The third kappa shape index (κ3) is 4.58. The van der Waals surface area contributed by atoms with Crippen LogP contribution < -0.4 is 11.1 Å². The Hall–Kier alpha value is -2.62. The number of aryl methyl sites for hydroxylation is 1. The molecule has 30 heavy (non-hydrogen) atoms. The SMILES string of the molecule is CC(C(=O)Nc1nc2ccc(Cl)cc2s1)n1c(N)nnc1SCCc1ccccc1. The first-order chi connectivity index (χ1) is 14.5. The first-order valence-corrected chi connectivity index (χ1v) is 11.4. The summed E-state index contributed by atoms with van der Waals surface area (Å²) >= 11 is 8.92. The van der Waals surface area contributed by atoms with E-state index in [-0.39, 0.29) is 11.9 Å². The summed E-state index contributed by atoms with van der Waals surface area (Å²) in [6.07, 6.45) is 0.882. The molecular formula is C20H19ClN6OS2. The zero-order chi connectivity index (χ0) is 21.1. The summed E-state index contributed by atoms with van der Waals surface area (Å²) in [7, 11) is 0. The molecule has 0 spiro atoms. The molecule has 0 radical (unpaired) electrons. The highest BCUT2D eigenvalue weighted by atomic mass is 35.5. The minimum Gasteiger partial charge on any atom is -0.368 e. The number of aromatic nitrogens is 4. The van der Waals surface area contributed by atoms with Crippen molar-refractivity contribution < 1.29 is 4.79 Å². The Morgan fingerprint density at radius 2 is 2.07 bits per heavy atom. The number of nitrogen functional groups attached to an aromatic ring is 1. The van der Waals surface area contributed by atoms with Crippen molar-refractivity contribution in [3.63, 3.8) is 0 Å². The number of rotatable bonds is 7. The van der Waals surface area contributed by atoms with Crippen LogP contribution in [-0.4, -0.2) is 31.4 Å². The monoisotopic (exact) mass is 458 g/mol. The molecule has 3 N–H and O–H groups in total. The Balaban J connectivity index is 1.44. The number of thiazole rings is 1. The summed E-state index contributed by atoms with van der Waals surface area (Å²) in [4.78, 5) is 17.3. The molecule has 0 saturated heterocycles. The smallest absolute Gasteiger partial charge is 0.249 e. The van der Waals surface area contributed by atoms with E-state index in [1.54, 1.807) is 17.6 Å². The van der Waals surface area contributed by atoms with E-state index in [0.717, 1.165) is 22.4 Å². The highest BCUT2D eigenvalue weighted by molar-refractivity contribution is 7.99. The minimum absolute atomic E-state index is 0.205. The van der Waals surface area contributed by atoms with Gasteiger partial charge in [-0.3, -0.25) is 9.36 Å². The van der Waals surface area contributed by atoms with E-state index in [1.807, 2.05) is 30.3 Å². The number of nitrogens with two attached hydrogens (primary N) is 1. The fourth-order valence-electron chi connectivity index (χ4n) is 2.93. The van der Waals surface area contributed by atoms with Gasteiger partial charge in [-0.15, -0.1) is 10.2 Å². The average Bonchev–Trinajstić information content (AvgIpc) is 3.30. The van der Waals surface area contributed by atoms with Gasteiger partial charge in [-0.05, 0) is 37.1 Å². The molecule has 2 aromatic carbocycles. The molecule has 2 aromatic heterocycles. The number of hydrogen-bond acceptors (Lipinski definition) is 7.